The van der Waals surface area contributed by atoms with Crippen LogP contribution in [0.15, 0.2) is 115 Å². The zero-order valence-electron chi connectivity index (χ0n) is 32.2. The second-order valence-corrected chi connectivity index (χ2v) is 17.3. The number of carbonyl (C=O) groups excluding carboxylic acids is 1. The molecule has 4 heterocycles. The van der Waals surface area contributed by atoms with E-state index < -0.39 is 32.1 Å². The van der Waals surface area contributed by atoms with Crippen LogP contribution in [-0.2, 0) is 21.3 Å². The first-order chi connectivity index (χ1) is 28.6. The van der Waals surface area contributed by atoms with Gasteiger partial charge in [0, 0.05) is 97.5 Å². The molecule has 14 nitrogen and oxygen atoms in total. The predicted molar refractivity (Wildman–Crippen MR) is 226 cm³/mol. The summed E-state index contributed by atoms with van der Waals surface area (Å²) in [6.45, 7) is 5.63. The number of halogens is 1. The predicted octanol–water partition coefficient (Wildman–Crippen LogP) is 6.89. The number of hydrogen-bond donors (Lipinski definition) is 3. The topological polar surface area (TPSA) is 172 Å². The van der Waals surface area contributed by atoms with Gasteiger partial charge < -0.3 is 24.7 Å². The molecule has 2 aliphatic heterocycles. The molecule has 59 heavy (non-hydrogen) atoms. The van der Waals surface area contributed by atoms with E-state index in [-0.39, 0.29) is 11.3 Å². The van der Waals surface area contributed by atoms with Crippen molar-refractivity contribution >= 4 is 44.3 Å². The fraction of sp³-hybridized carbons (Fsp3) is 0.302. The van der Waals surface area contributed by atoms with Crippen LogP contribution in [0.2, 0.25) is 5.02 Å². The Kier molecular flexibility index (Phi) is 11.7. The molecule has 3 aromatic carbocycles. The maximum atomic E-state index is 13.9. The fourth-order valence-electron chi connectivity index (χ4n) is 7.71. The molecular weight excluding hydrogens is 794 g/mol. The number of rotatable bonds is 13. The molecule has 1 amide bonds. The van der Waals surface area contributed by atoms with Crippen LogP contribution in [0.1, 0.15) is 35.2 Å². The third-order valence-electron chi connectivity index (χ3n) is 11.2. The van der Waals surface area contributed by atoms with E-state index >= 15 is 0 Å². The van der Waals surface area contributed by atoms with Crippen molar-refractivity contribution in [2.75, 3.05) is 50.8 Å². The quantitative estimate of drug-likeness (QED) is 0.0833. The normalized spacial score (nSPS) is 19.0. The Morgan fingerprint density at radius 1 is 1.03 bits per heavy atom. The lowest BCUT2D eigenvalue weighted by Gasteiger charge is -2.36. The Bertz CT molecular complexity index is 2510. The summed E-state index contributed by atoms with van der Waals surface area (Å²) >= 11 is 6.15. The van der Waals surface area contributed by atoms with E-state index in [2.05, 4.69) is 37.2 Å². The van der Waals surface area contributed by atoms with Gasteiger partial charge in [0.15, 0.2) is 0 Å². The molecule has 2 fully saturated rings. The molecule has 3 aliphatic rings. The summed E-state index contributed by atoms with van der Waals surface area (Å²) in [6.07, 6.45) is 8.46. The minimum atomic E-state index is -4.91. The number of piperazine rings is 1. The molecule has 16 heteroatoms. The number of benzene rings is 3. The average molecular weight is 838 g/mol. The second-order valence-electron chi connectivity index (χ2n) is 15.0. The van der Waals surface area contributed by atoms with Gasteiger partial charge in [-0.25, -0.2) is 9.71 Å². The number of aromatic nitrogens is 2. The zero-order valence-corrected chi connectivity index (χ0v) is 33.8. The number of amides is 1. The molecule has 0 bridgehead atoms. The van der Waals surface area contributed by atoms with E-state index in [1.165, 1.54) is 30.0 Å². The number of nitrogens with one attached hydrogen (secondary N) is 3. The zero-order chi connectivity index (χ0) is 41.0. The number of anilines is 1. The summed E-state index contributed by atoms with van der Waals surface area (Å²) in [5, 5.41) is 17.2. The van der Waals surface area contributed by atoms with Gasteiger partial charge in [-0.3, -0.25) is 19.8 Å². The molecule has 0 radical (unpaired) electrons. The summed E-state index contributed by atoms with van der Waals surface area (Å²) in [6, 6.07) is 24.7. The van der Waals surface area contributed by atoms with Crippen LogP contribution >= 0.6 is 11.6 Å². The Balaban J connectivity index is 0.994. The number of nitrogens with zero attached hydrogens (tertiary/aromatic N) is 4. The lowest BCUT2D eigenvalue weighted by molar-refractivity contribution is -0.526. The van der Waals surface area contributed by atoms with Gasteiger partial charge in [-0.2, -0.15) is 8.42 Å². The SMILES string of the molecule is O=C(NS(=O)(=O)C1([N+](=O)[O-])C=CC(NCC2CCOCC2)=CC1)c1ccc(N2CCN(Cc3ccccc3-c3ccc(Cl)cc3)CC2)cc1Oc1cnc2[nH]ccc2c1. The minimum Gasteiger partial charge on any atom is -0.455 e. The van der Waals surface area contributed by atoms with Crippen molar-refractivity contribution in [3.63, 3.8) is 0 Å². The van der Waals surface area contributed by atoms with E-state index in [1.807, 2.05) is 47.2 Å². The second kappa shape index (κ2) is 17.2. The van der Waals surface area contributed by atoms with Crippen molar-refractivity contribution in [3.05, 3.63) is 141 Å². The monoisotopic (exact) mass is 837 g/mol. The number of H-pyrrole nitrogens is 1. The summed E-state index contributed by atoms with van der Waals surface area (Å²) < 4.78 is 41.4. The summed E-state index contributed by atoms with van der Waals surface area (Å²) in [5.74, 6) is -0.294. The maximum Gasteiger partial charge on any atom is 0.359 e. The van der Waals surface area contributed by atoms with Crippen LogP contribution in [0.3, 0.4) is 0 Å². The number of sulfonamides is 1. The Labute approximate surface area is 347 Å². The number of allylic oxidation sites excluding steroid dienone is 1. The van der Waals surface area contributed by atoms with E-state index in [0.717, 1.165) is 60.8 Å². The molecule has 1 aliphatic carbocycles. The van der Waals surface area contributed by atoms with Crippen molar-refractivity contribution in [2.24, 2.45) is 5.92 Å². The van der Waals surface area contributed by atoms with Gasteiger partial charge in [-0.15, -0.1) is 0 Å². The standard InChI is InChI=1S/C43H44ClN7O7S/c44-34-7-5-31(6-8-34)38-4-2-1-3-33(38)29-49-19-21-50(22-20-49)36-9-10-39(40(26-36)58-37-25-32-13-18-45-41(32)47-28-37)42(52)48-59(55,56)43(51(53)54)16-11-35(12-17-43)46-27-30-14-23-57-24-15-30/h1-13,16,18,25-26,28,30,46H,14-15,17,19-24,27,29H2,(H,45,47)(H,48,52). The molecule has 306 valence electrons. The van der Waals surface area contributed by atoms with Crippen LogP contribution in [0.25, 0.3) is 22.2 Å². The number of hydrogen-bond acceptors (Lipinski definition) is 11. The Morgan fingerprint density at radius 2 is 1.81 bits per heavy atom. The average Bonchev–Trinajstić information content (AvgIpc) is 3.72. The fourth-order valence-corrected chi connectivity index (χ4v) is 9.11. The molecule has 2 saturated heterocycles. The summed E-state index contributed by atoms with van der Waals surface area (Å²) in [4.78, 5) is 34.9. The third kappa shape index (κ3) is 8.83. The maximum absolute atomic E-state index is 13.9. The van der Waals surface area contributed by atoms with Gasteiger partial charge in [0.1, 0.15) is 17.1 Å². The first-order valence-corrected chi connectivity index (χ1v) is 21.4. The number of nitro groups is 1. The Hall–Kier alpha value is -5.74. The van der Waals surface area contributed by atoms with Gasteiger partial charge in [0.2, 0.25) is 0 Å². The van der Waals surface area contributed by atoms with Gasteiger partial charge in [0.25, 0.3) is 5.91 Å². The molecule has 3 N–H and O–H groups in total. The molecule has 0 saturated carbocycles. The van der Waals surface area contributed by atoms with Crippen molar-refractivity contribution in [2.45, 2.75) is 30.7 Å². The summed E-state index contributed by atoms with van der Waals surface area (Å²) in [5.41, 5.74) is 5.33. The lowest BCUT2D eigenvalue weighted by atomic mass is 9.99. The lowest BCUT2D eigenvalue weighted by Crippen LogP contribution is -2.52. The van der Waals surface area contributed by atoms with Crippen LogP contribution in [-0.4, -0.2) is 84.9 Å². The largest absolute Gasteiger partial charge is 0.455 e. The van der Waals surface area contributed by atoms with Gasteiger partial charge in [0.05, 0.1) is 18.2 Å². The summed E-state index contributed by atoms with van der Waals surface area (Å²) in [7, 11) is -4.91. The van der Waals surface area contributed by atoms with Crippen LogP contribution < -0.4 is 19.7 Å². The molecular formula is C43H44ClN7O7S. The van der Waals surface area contributed by atoms with Crippen molar-refractivity contribution in [1.82, 2.24) is 24.9 Å². The number of ether oxygens (including phenoxy) is 2. The van der Waals surface area contributed by atoms with Crippen molar-refractivity contribution < 1.29 is 27.6 Å². The molecule has 0 spiro atoms. The van der Waals surface area contributed by atoms with Crippen LogP contribution in [0, 0.1) is 16.0 Å². The molecule has 5 aromatic rings. The Morgan fingerprint density at radius 3 is 2.56 bits per heavy atom. The molecule has 1 unspecified atom stereocenters. The smallest absolute Gasteiger partial charge is 0.359 e. The van der Waals surface area contributed by atoms with E-state index in [1.54, 1.807) is 24.4 Å². The van der Waals surface area contributed by atoms with Gasteiger partial charge in [-0.05, 0) is 77.9 Å². The highest BCUT2D eigenvalue weighted by Crippen LogP contribution is 2.34. The highest BCUT2D eigenvalue weighted by Gasteiger charge is 2.55. The number of pyridine rings is 1. The number of aromatic amines is 1. The molecule has 8 rings (SSSR count). The minimum absolute atomic E-state index is 0.0695. The van der Waals surface area contributed by atoms with Crippen LogP contribution in [0.4, 0.5) is 5.69 Å². The number of fused-ring (bicyclic) bond motifs is 1. The third-order valence-corrected chi connectivity index (χ3v) is 13.3. The van der Waals surface area contributed by atoms with Crippen molar-refractivity contribution in [1.29, 1.82) is 0 Å². The first kappa shape index (κ1) is 40.1. The highest BCUT2D eigenvalue weighted by molar-refractivity contribution is 7.91. The number of carbonyl (C=O) groups is 1. The van der Waals surface area contributed by atoms with E-state index in [9.17, 15) is 23.3 Å². The molecule has 1 atom stereocenters. The van der Waals surface area contributed by atoms with Crippen molar-refractivity contribution in [3.8, 4) is 22.6 Å². The molecule has 2 aromatic heterocycles. The van der Waals surface area contributed by atoms with Crippen LogP contribution in [0.5, 0.6) is 11.5 Å². The highest BCUT2D eigenvalue weighted by atomic mass is 35.5. The van der Waals surface area contributed by atoms with Gasteiger partial charge >= 0.3 is 14.9 Å². The van der Waals surface area contributed by atoms with Gasteiger partial charge in [-0.1, -0.05) is 54.1 Å². The van der Waals surface area contributed by atoms with E-state index in [0.29, 0.717) is 60.9 Å². The first-order valence-electron chi connectivity index (χ1n) is 19.6. The van der Waals surface area contributed by atoms with E-state index in [4.69, 9.17) is 21.1 Å².